The summed E-state index contributed by atoms with van der Waals surface area (Å²) < 4.78 is 0. The minimum absolute atomic E-state index is 0. The first kappa shape index (κ1) is 50.6. The van der Waals surface area contributed by atoms with Crippen LogP contribution in [0.4, 0.5) is 0 Å². The second-order valence-electron chi connectivity index (χ2n) is 0. The van der Waals surface area contributed by atoms with Crippen molar-refractivity contribution in [2.45, 2.75) is 0 Å². The van der Waals surface area contributed by atoms with Crippen LogP contribution in [-0.4, -0.2) is 48.7 Å². The van der Waals surface area contributed by atoms with Crippen LogP contribution < -0.4 is 0 Å². The van der Waals surface area contributed by atoms with E-state index in [1.807, 2.05) is 0 Å². The zero-order chi connectivity index (χ0) is 0. The van der Waals surface area contributed by atoms with Gasteiger partial charge in [-0.05, 0) is 0 Å². The molecule has 0 saturated carbocycles. The van der Waals surface area contributed by atoms with E-state index in [1.54, 1.807) is 0 Å². The van der Waals surface area contributed by atoms with Gasteiger partial charge in [0.15, 0.2) is 0 Å². The van der Waals surface area contributed by atoms with Crippen LogP contribution in [0.25, 0.3) is 0 Å². The van der Waals surface area contributed by atoms with Crippen LogP contribution in [0.3, 0.4) is 0 Å². The standard InChI is InChI=1S/Ca.ClH.2H2O/h;1H;2*1H2/q+2;;;. The molecule has 0 saturated heterocycles. The molecule has 4 heavy (non-hydrogen) atoms. The molecule has 24 valence electrons. The SMILES string of the molecule is Cl.O.O.[Ca+2]. The predicted molar refractivity (Wildman–Crippen MR) is 20.2 cm³/mol. The summed E-state index contributed by atoms with van der Waals surface area (Å²) in [6, 6.07) is 0. The number of hydrogen-bond donors (Lipinski definition) is 0. The third kappa shape index (κ3) is 9.80. The molecule has 0 fully saturated rings. The zero-order valence-corrected chi connectivity index (χ0v) is 5.14. The van der Waals surface area contributed by atoms with Crippen LogP contribution in [0, 0.1) is 0 Å². The van der Waals surface area contributed by atoms with Crippen LogP contribution in [0.2, 0.25) is 0 Å². The summed E-state index contributed by atoms with van der Waals surface area (Å²) >= 11 is 0. The summed E-state index contributed by atoms with van der Waals surface area (Å²) in [5.41, 5.74) is 0. The van der Waals surface area contributed by atoms with Crippen LogP contribution in [-0.2, 0) is 0 Å². The topological polar surface area (TPSA) is 63.0 Å². The van der Waals surface area contributed by atoms with Gasteiger partial charge >= 0.3 is 37.7 Å². The van der Waals surface area contributed by atoms with Gasteiger partial charge in [0.05, 0.1) is 0 Å². The van der Waals surface area contributed by atoms with E-state index in [2.05, 4.69) is 0 Å². The van der Waals surface area contributed by atoms with E-state index in [1.165, 1.54) is 0 Å². The number of hydrogen-bond acceptors (Lipinski definition) is 0. The maximum absolute atomic E-state index is 0. The molecular weight excluding hydrogens is 108 g/mol. The number of halogens is 1. The molecule has 0 amide bonds. The molecule has 0 spiro atoms. The molecular formula is H5CaClO2+2. The van der Waals surface area contributed by atoms with Crippen molar-refractivity contribution in [3.8, 4) is 0 Å². The minimum atomic E-state index is 0. The molecule has 0 bridgehead atoms. The zero-order valence-electron chi connectivity index (χ0n) is 2.12. The Morgan fingerprint density at radius 2 is 0.750 bits per heavy atom. The van der Waals surface area contributed by atoms with Gasteiger partial charge in [0.2, 0.25) is 0 Å². The van der Waals surface area contributed by atoms with Gasteiger partial charge in [-0.1, -0.05) is 0 Å². The van der Waals surface area contributed by atoms with E-state index in [4.69, 9.17) is 0 Å². The monoisotopic (exact) mass is 112 g/mol. The van der Waals surface area contributed by atoms with E-state index in [9.17, 15) is 0 Å². The Bertz CT molecular complexity index is 6.00. The fourth-order valence-corrected chi connectivity index (χ4v) is 0. The molecule has 0 aromatic heterocycles. The Hall–Kier alpha value is 1.47. The maximum Gasteiger partial charge on any atom is 2.00 e. The van der Waals surface area contributed by atoms with Gasteiger partial charge in [0.1, 0.15) is 0 Å². The Balaban J connectivity index is 0. The maximum atomic E-state index is 0. The quantitative estimate of drug-likeness (QED) is 0.339. The number of rotatable bonds is 0. The Morgan fingerprint density at radius 1 is 0.750 bits per heavy atom. The largest absolute Gasteiger partial charge is 2.00 e. The summed E-state index contributed by atoms with van der Waals surface area (Å²) in [4.78, 5) is 0. The minimum Gasteiger partial charge on any atom is -0.412 e. The molecule has 2 nitrogen and oxygen atoms in total. The van der Waals surface area contributed by atoms with Gasteiger partial charge in [-0.15, -0.1) is 12.4 Å². The molecule has 0 aromatic carbocycles. The van der Waals surface area contributed by atoms with Gasteiger partial charge in [0.25, 0.3) is 0 Å². The average molecular weight is 113 g/mol. The first-order chi connectivity index (χ1) is 0. The smallest absolute Gasteiger partial charge is 0.412 e. The van der Waals surface area contributed by atoms with Gasteiger partial charge < -0.3 is 11.0 Å². The van der Waals surface area contributed by atoms with E-state index in [0.717, 1.165) is 0 Å². The molecule has 0 heterocycles. The molecule has 0 atom stereocenters. The molecule has 0 aromatic rings. The fourth-order valence-electron chi connectivity index (χ4n) is 0. The summed E-state index contributed by atoms with van der Waals surface area (Å²) in [5.74, 6) is 0. The Labute approximate surface area is 60.6 Å². The van der Waals surface area contributed by atoms with Crippen LogP contribution in [0.5, 0.6) is 0 Å². The van der Waals surface area contributed by atoms with Gasteiger partial charge in [-0.2, -0.15) is 0 Å². The molecule has 4 heteroatoms. The van der Waals surface area contributed by atoms with Gasteiger partial charge in [-0.3, -0.25) is 0 Å². The average Bonchev–Trinajstić information content (AvgIpc) is 0. The van der Waals surface area contributed by atoms with Crippen molar-refractivity contribution < 1.29 is 11.0 Å². The second-order valence-corrected chi connectivity index (χ2v) is 0. The van der Waals surface area contributed by atoms with Gasteiger partial charge in [0, 0.05) is 0 Å². The normalized spacial score (nSPS) is 0. The second kappa shape index (κ2) is 24.9. The predicted octanol–water partition coefficient (Wildman–Crippen LogP) is -1.61. The molecule has 0 aliphatic heterocycles. The molecule has 0 radical (unpaired) electrons. The Morgan fingerprint density at radius 3 is 0.750 bits per heavy atom. The molecule has 0 rings (SSSR count). The molecule has 4 N–H and O–H groups in total. The van der Waals surface area contributed by atoms with Crippen molar-refractivity contribution >= 4 is 50.1 Å². The first-order valence-electron chi connectivity index (χ1n) is 0. The molecule has 0 aliphatic carbocycles. The van der Waals surface area contributed by atoms with Crippen LogP contribution in [0.15, 0.2) is 0 Å². The van der Waals surface area contributed by atoms with Crippen molar-refractivity contribution in [1.82, 2.24) is 0 Å². The van der Waals surface area contributed by atoms with Crippen molar-refractivity contribution in [1.29, 1.82) is 0 Å². The van der Waals surface area contributed by atoms with Crippen molar-refractivity contribution in [2.75, 3.05) is 0 Å². The van der Waals surface area contributed by atoms with Crippen LogP contribution in [0.1, 0.15) is 0 Å². The van der Waals surface area contributed by atoms with Crippen LogP contribution >= 0.6 is 12.4 Å². The van der Waals surface area contributed by atoms with Gasteiger partial charge in [-0.25, -0.2) is 0 Å². The Kier molecular flexibility index (Phi) is 315. The third-order valence-electron chi connectivity index (χ3n) is 0. The fraction of sp³-hybridized carbons (Fsp3) is 0. The van der Waals surface area contributed by atoms with Crippen molar-refractivity contribution in [3.63, 3.8) is 0 Å². The summed E-state index contributed by atoms with van der Waals surface area (Å²) in [6.07, 6.45) is 0. The first-order valence-corrected chi connectivity index (χ1v) is 0. The summed E-state index contributed by atoms with van der Waals surface area (Å²) in [5, 5.41) is 0. The third-order valence-corrected chi connectivity index (χ3v) is 0. The summed E-state index contributed by atoms with van der Waals surface area (Å²) in [6.45, 7) is 0. The molecule has 0 aliphatic rings. The van der Waals surface area contributed by atoms with E-state index in [-0.39, 0.29) is 61.1 Å². The molecule has 0 unspecified atom stereocenters. The van der Waals surface area contributed by atoms with Crippen molar-refractivity contribution in [3.05, 3.63) is 0 Å². The van der Waals surface area contributed by atoms with E-state index < -0.39 is 0 Å². The van der Waals surface area contributed by atoms with Crippen molar-refractivity contribution in [2.24, 2.45) is 0 Å². The van der Waals surface area contributed by atoms with E-state index in [0.29, 0.717) is 0 Å². The summed E-state index contributed by atoms with van der Waals surface area (Å²) in [7, 11) is 0. The van der Waals surface area contributed by atoms with E-state index >= 15 is 0 Å².